The molecule has 1 fully saturated rings. The van der Waals surface area contributed by atoms with Gasteiger partial charge >= 0.3 is 12.1 Å². The van der Waals surface area contributed by atoms with Gasteiger partial charge in [0.15, 0.2) is 0 Å². The van der Waals surface area contributed by atoms with Gasteiger partial charge in [-0.1, -0.05) is 32.9 Å². The van der Waals surface area contributed by atoms with Crippen molar-refractivity contribution < 1.29 is 32.9 Å². The molecule has 226 valence electrons. The number of fused-ring (bicyclic) bond motifs is 1. The maximum atomic E-state index is 10.6. The third kappa shape index (κ3) is 7.99. The van der Waals surface area contributed by atoms with Crippen LogP contribution in [-0.4, -0.2) is 76.7 Å². The number of carboxylic acids is 1. The fraction of sp³-hybridized carbons (Fsp3) is 0.448. The van der Waals surface area contributed by atoms with Gasteiger partial charge in [-0.15, -0.1) is 0 Å². The zero-order valence-corrected chi connectivity index (χ0v) is 23.8. The van der Waals surface area contributed by atoms with Crippen molar-refractivity contribution in [3.8, 4) is 17.0 Å². The molecule has 0 atom stereocenters. The monoisotopic (exact) mass is 588 g/mol. The molecule has 0 radical (unpaired) electrons. The number of ether oxygens (including phenoxy) is 1. The molecular formula is C29H35F3N6O4. The SMILES string of the molecule is CC(C)(C)CCNc1cc(N2CCc3c(-c4cccc(O)c4)nc(N4CCOCC4)nc32)ccn1.O=C(O)C(F)(F)F. The van der Waals surface area contributed by atoms with Crippen molar-refractivity contribution in [2.75, 3.05) is 54.5 Å². The summed E-state index contributed by atoms with van der Waals surface area (Å²) < 4.78 is 37.3. The van der Waals surface area contributed by atoms with Gasteiger partial charge in [-0.3, -0.25) is 0 Å². The van der Waals surface area contributed by atoms with Crippen LogP contribution in [0.25, 0.3) is 11.3 Å². The van der Waals surface area contributed by atoms with Gasteiger partial charge in [0, 0.05) is 55.3 Å². The molecule has 0 amide bonds. The number of aromatic hydroxyl groups is 1. The second kappa shape index (κ2) is 12.8. The van der Waals surface area contributed by atoms with E-state index in [0.717, 1.165) is 73.2 Å². The number of morpholine rings is 1. The van der Waals surface area contributed by atoms with Crippen molar-refractivity contribution >= 4 is 29.2 Å². The number of rotatable bonds is 6. The topological polar surface area (TPSA) is 124 Å². The van der Waals surface area contributed by atoms with Gasteiger partial charge in [-0.2, -0.15) is 18.2 Å². The third-order valence-corrected chi connectivity index (χ3v) is 6.71. The Morgan fingerprint density at radius 2 is 1.79 bits per heavy atom. The number of anilines is 4. The molecule has 10 nitrogen and oxygen atoms in total. The van der Waals surface area contributed by atoms with Gasteiger partial charge in [0.25, 0.3) is 0 Å². The highest BCUT2D eigenvalue weighted by Crippen LogP contribution is 2.40. The second-order valence-corrected chi connectivity index (χ2v) is 11.2. The molecule has 2 aliphatic heterocycles. The molecule has 5 rings (SSSR count). The lowest BCUT2D eigenvalue weighted by atomic mass is 9.92. The van der Waals surface area contributed by atoms with E-state index in [0.29, 0.717) is 19.2 Å². The standard InChI is InChI=1S/C27H34N6O2.C2HF3O2/c1-27(2,3)9-11-29-23-18-20(7-10-28-23)33-12-8-22-24(19-5-4-6-21(34)17-19)30-26(31-25(22)33)32-13-15-35-16-14-32;3-2(4,5)1(6)7/h4-7,10,17-18,34H,8-9,11-16H2,1-3H3,(H,28,29);(H,6,7). The second-order valence-electron chi connectivity index (χ2n) is 11.2. The fourth-order valence-electron chi connectivity index (χ4n) is 4.54. The maximum Gasteiger partial charge on any atom is 0.490 e. The molecule has 0 saturated carbocycles. The van der Waals surface area contributed by atoms with Gasteiger partial charge < -0.3 is 30.1 Å². The van der Waals surface area contributed by atoms with Gasteiger partial charge in [0.2, 0.25) is 5.95 Å². The highest BCUT2D eigenvalue weighted by molar-refractivity contribution is 5.78. The van der Waals surface area contributed by atoms with Crippen molar-refractivity contribution in [1.82, 2.24) is 15.0 Å². The summed E-state index contributed by atoms with van der Waals surface area (Å²) in [6.07, 6.45) is -1.33. The molecule has 13 heteroatoms. The Hall–Kier alpha value is -4.13. The number of halogens is 3. The van der Waals surface area contributed by atoms with Gasteiger partial charge in [0.05, 0.1) is 18.9 Å². The maximum absolute atomic E-state index is 10.6. The van der Waals surface area contributed by atoms with Crippen LogP contribution in [0.4, 0.5) is 36.4 Å². The van der Waals surface area contributed by atoms with E-state index in [1.165, 1.54) is 0 Å². The van der Waals surface area contributed by atoms with Crippen molar-refractivity contribution in [2.24, 2.45) is 5.41 Å². The number of nitrogens with zero attached hydrogens (tertiary/aromatic N) is 5. The first-order valence-electron chi connectivity index (χ1n) is 13.6. The molecule has 4 heterocycles. The van der Waals surface area contributed by atoms with Gasteiger partial charge in [0.1, 0.15) is 17.4 Å². The number of aromatic nitrogens is 3. The summed E-state index contributed by atoms with van der Waals surface area (Å²) in [6.45, 7) is 11.3. The minimum Gasteiger partial charge on any atom is -0.508 e. The normalized spacial score (nSPS) is 15.1. The molecule has 42 heavy (non-hydrogen) atoms. The molecule has 1 aromatic carbocycles. The number of carbonyl (C=O) groups is 1. The number of nitrogens with one attached hydrogen (secondary N) is 1. The van der Waals surface area contributed by atoms with Crippen LogP contribution >= 0.6 is 0 Å². The summed E-state index contributed by atoms with van der Waals surface area (Å²) in [5.74, 6) is -0.0253. The number of aliphatic carboxylic acids is 1. The number of alkyl halides is 3. The smallest absolute Gasteiger partial charge is 0.490 e. The van der Waals surface area contributed by atoms with Crippen molar-refractivity contribution in [2.45, 2.75) is 39.8 Å². The van der Waals surface area contributed by atoms with Crippen molar-refractivity contribution in [1.29, 1.82) is 0 Å². The van der Waals surface area contributed by atoms with E-state index in [9.17, 15) is 18.3 Å². The van der Waals surface area contributed by atoms with Crippen LogP contribution in [0.2, 0.25) is 0 Å². The van der Waals surface area contributed by atoms with Crippen LogP contribution in [0.15, 0.2) is 42.6 Å². The van der Waals surface area contributed by atoms with E-state index >= 15 is 0 Å². The molecule has 1 saturated heterocycles. The highest BCUT2D eigenvalue weighted by atomic mass is 19.4. The zero-order valence-electron chi connectivity index (χ0n) is 23.8. The number of benzene rings is 1. The lowest BCUT2D eigenvalue weighted by molar-refractivity contribution is -0.192. The number of pyridine rings is 1. The molecule has 0 unspecified atom stereocenters. The summed E-state index contributed by atoms with van der Waals surface area (Å²) >= 11 is 0. The van der Waals surface area contributed by atoms with Crippen molar-refractivity contribution in [3.63, 3.8) is 0 Å². The molecule has 3 N–H and O–H groups in total. The third-order valence-electron chi connectivity index (χ3n) is 6.71. The van der Waals surface area contributed by atoms with E-state index in [1.807, 2.05) is 24.4 Å². The Morgan fingerprint density at radius 3 is 2.43 bits per heavy atom. The number of hydrogen-bond acceptors (Lipinski definition) is 9. The van der Waals surface area contributed by atoms with Crippen LogP contribution in [-0.2, 0) is 16.0 Å². The first-order chi connectivity index (χ1) is 19.8. The van der Waals surface area contributed by atoms with Crippen LogP contribution in [0.5, 0.6) is 5.75 Å². The lowest BCUT2D eigenvalue weighted by Gasteiger charge is -2.28. The number of phenolic OH excluding ortho intramolecular Hbond substituents is 1. The van der Waals surface area contributed by atoms with E-state index < -0.39 is 12.1 Å². The minimum atomic E-state index is -5.08. The fourth-order valence-corrected chi connectivity index (χ4v) is 4.54. The molecule has 2 aliphatic rings. The van der Waals surface area contributed by atoms with E-state index in [1.54, 1.807) is 12.1 Å². The molecule has 0 spiro atoms. The van der Waals surface area contributed by atoms with E-state index in [-0.39, 0.29) is 11.2 Å². The molecule has 0 bridgehead atoms. The van der Waals surface area contributed by atoms with E-state index in [4.69, 9.17) is 24.6 Å². The molecule has 2 aromatic heterocycles. The van der Waals surface area contributed by atoms with Crippen LogP contribution in [0.1, 0.15) is 32.8 Å². The van der Waals surface area contributed by atoms with Gasteiger partial charge in [-0.25, -0.2) is 14.8 Å². The largest absolute Gasteiger partial charge is 0.508 e. The minimum absolute atomic E-state index is 0.234. The van der Waals surface area contributed by atoms with E-state index in [2.05, 4.69) is 46.9 Å². The number of phenols is 1. The summed E-state index contributed by atoms with van der Waals surface area (Å²) in [6, 6.07) is 11.5. The number of carboxylic acid groups (broad SMARTS) is 1. The van der Waals surface area contributed by atoms with Crippen LogP contribution in [0.3, 0.4) is 0 Å². The average Bonchev–Trinajstić information content (AvgIpc) is 3.36. The van der Waals surface area contributed by atoms with Crippen LogP contribution < -0.4 is 15.1 Å². The Labute approximate surface area is 242 Å². The first-order valence-corrected chi connectivity index (χ1v) is 13.6. The average molecular weight is 589 g/mol. The summed E-state index contributed by atoms with van der Waals surface area (Å²) in [7, 11) is 0. The Balaban J connectivity index is 0.000000517. The predicted molar refractivity (Wildman–Crippen MR) is 153 cm³/mol. The summed E-state index contributed by atoms with van der Waals surface area (Å²) in [4.78, 5) is 27.9. The molecule has 3 aromatic rings. The lowest BCUT2D eigenvalue weighted by Crippen LogP contribution is -2.37. The quantitative estimate of drug-likeness (QED) is 0.352. The molecular weight excluding hydrogens is 553 g/mol. The summed E-state index contributed by atoms with van der Waals surface area (Å²) in [5.41, 5.74) is 4.22. The van der Waals surface area contributed by atoms with Crippen LogP contribution in [0, 0.1) is 5.41 Å². The van der Waals surface area contributed by atoms with Crippen molar-refractivity contribution in [3.05, 3.63) is 48.2 Å². The molecule has 0 aliphatic carbocycles. The Bertz CT molecular complexity index is 1390. The van der Waals surface area contributed by atoms with Gasteiger partial charge in [-0.05, 0) is 36.5 Å². The Morgan fingerprint density at radius 1 is 1.07 bits per heavy atom. The summed E-state index contributed by atoms with van der Waals surface area (Å²) in [5, 5.41) is 20.7. The Kier molecular flexibility index (Phi) is 9.40. The predicted octanol–water partition coefficient (Wildman–Crippen LogP) is 5.26. The first kappa shape index (κ1) is 30.8. The highest BCUT2D eigenvalue weighted by Gasteiger charge is 2.38. The zero-order chi connectivity index (χ0) is 30.5. The number of hydrogen-bond donors (Lipinski definition) is 3.